The van der Waals surface area contributed by atoms with E-state index in [0.29, 0.717) is 26.2 Å². The van der Waals surface area contributed by atoms with Gasteiger partial charge in [-0.2, -0.15) is 0 Å². The van der Waals surface area contributed by atoms with Crippen molar-refractivity contribution in [3.8, 4) is 0 Å². The molecular formula is C17H33N3O3. The van der Waals surface area contributed by atoms with Gasteiger partial charge in [0.05, 0.1) is 6.61 Å². The van der Waals surface area contributed by atoms with Crippen LogP contribution >= 0.6 is 0 Å². The third-order valence-electron chi connectivity index (χ3n) is 3.88. The normalized spacial score (nSPS) is 16.9. The lowest BCUT2D eigenvalue weighted by Crippen LogP contribution is -2.53. The zero-order chi connectivity index (χ0) is 17.5. The Kier molecular flexibility index (Phi) is 7.82. The van der Waals surface area contributed by atoms with Crippen LogP contribution in [0.1, 0.15) is 60.3 Å². The van der Waals surface area contributed by atoms with Gasteiger partial charge in [0.1, 0.15) is 0 Å². The maximum absolute atomic E-state index is 12.3. The molecule has 0 aromatic heterocycles. The van der Waals surface area contributed by atoms with Gasteiger partial charge in [-0.25, -0.2) is 14.8 Å². The first-order valence-corrected chi connectivity index (χ1v) is 8.79. The predicted octanol–water partition coefficient (Wildman–Crippen LogP) is 2.79. The third kappa shape index (κ3) is 6.77. The molecule has 0 bridgehead atoms. The molecule has 0 unspecified atom stereocenters. The fourth-order valence-corrected chi connectivity index (χ4v) is 2.70. The molecule has 23 heavy (non-hydrogen) atoms. The highest BCUT2D eigenvalue weighted by Gasteiger charge is 2.31. The molecule has 1 aliphatic rings. The molecule has 2 amide bonds. The van der Waals surface area contributed by atoms with E-state index in [1.54, 1.807) is 5.01 Å². The summed E-state index contributed by atoms with van der Waals surface area (Å²) in [5, 5.41) is 6.80. The summed E-state index contributed by atoms with van der Waals surface area (Å²) in [6.45, 7) is 12.4. The van der Waals surface area contributed by atoms with E-state index in [1.807, 2.05) is 32.7 Å². The van der Waals surface area contributed by atoms with Crippen LogP contribution in [0, 0.1) is 5.92 Å². The number of hydrazine groups is 1. The Hall–Kier alpha value is -1.30. The Bertz CT molecular complexity index is 385. The van der Waals surface area contributed by atoms with Gasteiger partial charge in [-0.15, -0.1) is 0 Å². The summed E-state index contributed by atoms with van der Waals surface area (Å²) in [5.74, 6) is 0.147. The van der Waals surface area contributed by atoms with Gasteiger partial charge in [-0.1, -0.05) is 13.3 Å². The quantitative estimate of drug-likeness (QED) is 0.815. The highest BCUT2D eigenvalue weighted by Crippen LogP contribution is 2.20. The minimum absolute atomic E-state index is 0.0284. The highest BCUT2D eigenvalue weighted by molar-refractivity contribution is 5.79. The van der Waals surface area contributed by atoms with Crippen molar-refractivity contribution in [3.63, 3.8) is 0 Å². The van der Waals surface area contributed by atoms with Crippen molar-refractivity contribution in [3.05, 3.63) is 0 Å². The van der Waals surface area contributed by atoms with Crippen molar-refractivity contribution < 1.29 is 14.3 Å². The zero-order valence-electron chi connectivity index (χ0n) is 15.4. The van der Waals surface area contributed by atoms with E-state index in [0.717, 1.165) is 25.7 Å². The van der Waals surface area contributed by atoms with E-state index in [-0.39, 0.29) is 23.5 Å². The third-order valence-corrected chi connectivity index (χ3v) is 3.88. The van der Waals surface area contributed by atoms with E-state index >= 15 is 0 Å². The van der Waals surface area contributed by atoms with Gasteiger partial charge in [-0.05, 0) is 47.0 Å². The Morgan fingerprint density at radius 2 is 1.83 bits per heavy atom. The van der Waals surface area contributed by atoms with Crippen molar-refractivity contribution in [1.82, 2.24) is 15.3 Å². The lowest BCUT2D eigenvalue weighted by molar-refractivity contribution is -0.129. The Morgan fingerprint density at radius 3 is 2.30 bits per heavy atom. The van der Waals surface area contributed by atoms with Crippen LogP contribution in [-0.4, -0.2) is 53.8 Å². The van der Waals surface area contributed by atoms with Crippen LogP contribution < -0.4 is 5.32 Å². The van der Waals surface area contributed by atoms with Crippen molar-refractivity contribution in [2.75, 3.05) is 26.2 Å². The molecule has 0 saturated carbocycles. The predicted molar refractivity (Wildman–Crippen MR) is 90.8 cm³/mol. The summed E-state index contributed by atoms with van der Waals surface area (Å²) in [6, 6.07) is 0. The second-order valence-electron chi connectivity index (χ2n) is 7.14. The summed E-state index contributed by atoms with van der Waals surface area (Å²) < 4.78 is 5.16. The van der Waals surface area contributed by atoms with E-state index in [9.17, 15) is 9.59 Å². The Labute approximate surface area is 140 Å². The average molecular weight is 327 g/mol. The SMILES string of the molecule is CCCCN(C(=O)OCC)N1CCC(C(=O)NC(C)(C)C)CC1. The second kappa shape index (κ2) is 9.11. The van der Waals surface area contributed by atoms with Crippen LogP contribution in [-0.2, 0) is 9.53 Å². The Balaban J connectivity index is 2.56. The topological polar surface area (TPSA) is 61.9 Å². The van der Waals surface area contributed by atoms with Crippen LogP contribution in [0.5, 0.6) is 0 Å². The molecule has 1 N–H and O–H groups in total. The molecule has 0 radical (unpaired) electrons. The molecule has 0 aromatic carbocycles. The fraction of sp³-hybridized carbons (Fsp3) is 0.882. The first-order chi connectivity index (χ1) is 10.8. The molecule has 0 atom stereocenters. The number of piperidine rings is 1. The van der Waals surface area contributed by atoms with Crippen LogP contribution in [0.25, 0.3) is 0 Å². The van der Waals surface area contributed by atoms with Crippen molar-refractivity contribution in [1.29, 1.82) is 0 Å². The number of hydrogen-bond acceptors (Lipinski definition) is 4. The molecule has 1 rings (SSSR count). The molecule has 0 spiro atoms. The number of ether oxygens (including phenoxy) is 1. The van der Waals surface area contributed by atoms with Gasteiger partial charge >= 0.3 is 6.09 Å². The largest absolute Gasteiger partial charge is 0.449 e. The Morgan fingerprint density at radius 1 is 1.22 bits per heavy atom. The summed E-state index contributed by atoms with van der Waals surface area (Å²) in [4.78, 5) is 24.4. The molecular weight excluding hydrogens is 294 g/mol. The average Bonchev–Trinajstić information content (AvgIpc) is 2.47. The fourth-order valence-electron chi connectivity index (χ4n) is 2.70. The number of unbranched alkanes of at least 4 members (excludes halogenated alkanes) is 1. The van der Waals surface area contributed by atoms with E-state index < -0.39 is 0 Å². The van der Waals surface area contributed by atoms with Crippen molar-refractivity contribution in [2.45, 2.75) is 65.8 Å². The molecule has 0 aromatic rings. The number of carbonyl (C=O) groups is 2. The molecule has 1 heterocycles. The molecule has 6 heteroatoms. The van der Waals surface area contributed by atoms with Gasteiger partial charge in [0.15, 0.2) is 0 Å². The molecule has 1 aliphatic heterocycles. The first-order valence-electron chi connectivity index (χ1n) is 8.79. The van der Waals surface area contributed by atoms with Crippen molar-refractivity contribution >= 4 is 12.0 Å². The van der Waals surface area contributed by atoms with E-state index in [4.69, 9.17) is 4.74 Å². The number of nitrogens with one attached hydrogen (secondary N) is 1. The number of rotatable bonds is 6. The summed E-state index contributed by atoms with van der Waals surface area (Å²) >= 11 is 0. The zero-order valence-corrected chi connectivity index (χ0v) is 15.4. The maximum Gasteiger partial charge on any atom is 0.424 e. The van der Waals surface area contributed by atoms with Crippen LogP contribution in [0.15, 0.2) is 0 Å². The molecule has 1 saturated heterocycles. The van der Waals surface area contributed by atoms with Gasteiger partial charge in [0, 0.05) is 31.1 Å². The highest BCUT2D eigenvalue weighted by atomic mass is 16.6. The second-order valence-corrected chi connectivity index (χ2v) is 7.14. The van der Waals surface area contributed by atoms with Gasteiger partial charge < -0.3 is 10.1 Å². The summed E-state index contributed by atoms with van der Waals surface area (Å²) in [5.41, 5.74) is -0.202. The van der Waals surface area contributed by atoms with Gasteiger partial charge in [0.25, 0.3) is 0 Å². The van der Waals surface area contributed by atoms with Crippen LogP contribution in [0.2, 0.25) is 0 Å². The summed E-state index contributed by atoms with van der Waals surface area (Å²) in [7, 11) is 0. The minimum Gasteiger partial charge on any atom is -0.449 e. The first kappa shape index (κ1) is 19.7. The van der Waals surface area contributed by atoms with Gasteiger partial charge in [0.2, 0.25) is 5.91 Å². The molecule has 6 nitrogen and oxygen atoms in total. The van der Waals surface area contributed by atoms with E-state index in [1.165, 1.54) is 0 Å². The van der Waals surface area contributed by atoms with Crippen LogP contribution in [0.3, 0.4) is 0 Å². The molecule has 134 valence electrons. The minimum atomic E-state index is -0.279. The van der Waals surface area contributed by atoms with Crippen molar-refractivity contribution in [2.24, 2.45) is 5.92 Å². The smallest absolute Gasteiger partial charge is 0.424 e. The lowest BCUT2D eigenvalue weighted by atomic mass is 9.95. The number of nitrogens with zero attached hydrogens (tertiary/aromatic N) is 2. The number of hydrogen-bond donors (Lipinski definition) is 1. The van der Waals surface area contributed by atoms with E-state index in [2.05, 4.69) is 12.2 Å². The lowest BCUT2D eigenvalue weighted by Gasteiger charge is -2.39. The molecule has 0 aliphatic carbocycles. The summed E-state index contributed by atoms with van der Waals surface area (Å²) in [6.07, 6.45) is 3.23. The standard InChI is InChI=1S/C17H33N3O3/c1-6-8-11-20(16(22)23-7-2)19-12-9-14(10-13-19)15(21)18-17(3,4)5/h14H,6-13H2,1-5H3,(H,18,21). The van der Waals surface area contributed by atoms with Gasteiger partial charge in [-0.3, -0.25) is 4.79 Å². The monoisotopic (exact) mass is 327 g/mol. The number of amides is 2. The van der Waals surface area contributed by atoms with Crippen LogP contribution in [0.4, 0.5) is 4.79 Å². The molecule has 1 fully saturated rings. The maximum atomic E-state index is 12.3. The number of carbonyl (C=O) groups excluding carboxylic acids is 2.